The van der Waals surface area contributed by atoms with E-state index in [-0.39, 0.29) is 0 Å². The number of nitrogens with zero attached hydrogens (tertiary/aromatic N) is 1. The minimum atomic E-state index is -0.902. The Bertz CT molecular complexity index is 1320. The Morgan fingerprint density at radius 2 is 1.37 bits per heavy atom. The summed E-state index contributed by atoms with van der Waals surface area (Å²) in [4.78, 5) is 13.0. The van der Waals surface area contributed by atoms with Crippen LogP contribution in [0.4, 0.5) is 0 Å². The molecule has 4 heteroatoms. The third-order valence-corrected chi connectivity index (χ3v) is 6.39. The van der Waals surface area contributed by atoms with Crippen LogP contribution >= 0.6 is 11.3 Å². The second-order valence-corrected chi connectivity index (χ2v) is 8.29. The van der Waals surface area contributed by atoms with Crippen molar-refractivity contribution in [3.05, 3.63) is 108 Å². The van der Waals surface area contributed by atoms with Crippen LogP contribution in [-0.4, -0.2) is 15.6 Å². The monoisotopic (exact) mass is 409 g/mol. The summed E-state index contributed by atoms with van der Waals surface area (Å²) in [5, 5.41) is 9.73. The molecule has 0 saturated carbocycles. The number of carboxylic acid groups (broad SMARTS) is 1. The molecule has 3 aromatic carbocycles. The van der Waals surface area contributed by atoms with Crippen LogP contribution in [0, 0.1) is 0 Å². The van der Waals surface area contributed by atoms with E-state index < -0.39 is 5.97 Å². The normalized spacial score (nSPS) is 11.1. The van der Waals surface area contributed by atoms with Crippen molar-refractivity contribution in [2.45, 2.75) is 6.54 Å². The number of aromatic nitrogens is 1. The lowest BCUT2D eigenvalue weighted by Gasteiger charge is -2.09. The summed E-state index contributed by atoms with van der Waals surface area (Å²) in [5.41, 5.74) is 5.82. The SMILES string of the molecule is O=C(O)c1cc2sc(-c3ccccc3)cc2n1Cc1ccc(-c2ccccc2)cc1. The second-order valence-electron chi connectivity index (χ2n) is 7.21. The highest BCUT2D eigenvalue weighted by molar-refractivity contribution is 7.22. The molecule has 0 aliphatic rings. The average Bonchev–Trinajstić information content (AvgIpc) is 3.35. The third-order valence-electron chi connectivity index (χ3n) is 5.27. The van der Waals surface area contributed by atoms with Gasteiger partial charge >= 0.3 is 5.97 Å². The number of hydrogen-bond acceptors (Lipinski definition) is 2. The molecular weight excluding hydrogens is 390 g/mol. The Morgan fingerprint density at radius 3 is 2.00 bits per heavy atom. The molecule has 0 bridgehead atoms. The van der Waals surface area contributed by atoms with E-state index in [0.29, 0.717) is 12.2 Å². The maximum absolute atomic E-state index is 11.9. The van der Waals surface area contributed by atoms with Gasteiger partial charge in [0.1, 0.15) is 5.69 Å². The maximum atomic E-state index is 11.9. The van der Waals surface area contributed by atoms with Crippen LogP contribution in [0.25, 0.3) is 31.8 Å². The molecule has 0 unspecified atom stereocenters. The molecule has 2 heterocycles. The summed E-state index contributed by atoms with van der Waals surface area (Å²) in [7, 11) is 0. The quantitative estimate of drug-likeness (QED) is 0.347. The van der Waals surface area contributed by atoms with Crippen LogP contribution < -0.4 is 0 Å². The first-order valence-corrected chi connectivity index (χ1v) is 10.6. The Labute approximate surface area is 178 Å². The first kappa shape index (κ1) is 18.4. The van der Waals surface area contributed by atoms with Crippen LogP contribution in [-0.2, 0) is 6.54 Å². The van der Waals surface area contributed by atoms with Crippen molar-refractivity contribution in [1.82, 2.24) is 4.57 Å². The molecule has 30 heavy (non-hydrogen) atoms. The Kier molecular flexibility index (Phi) is 4.69. The standard InChI is InChI=1S/C26H19NO2S/c28-26(29)23-16-25-22(15-24(30-25)21-9-5-2-6-10-21)27(23)17-18-11-13-20(14-12-18)19-7-3-1-4-8-19/h1-16H,17H2,(H,28,29). The second kappa shape index (κ2) is 7.65. The van der Waals surface area contributed by atoms with Gasteiger partial charge in [0, 0.05) is 11.4 Å². The van der Waals surface area contributed by atoms with Gasteiger partial charge < -0.3 is 9.67 Å². The number of benzene rings is 3. The summed E-state index contributed by atoms with van der Waals surface area (Å²) in [6.45, 7) is 0.519. The van der Waals surface area contributed by atoms with Gasteiger partial charge in [0.15, 0.2) is 0 Å². The van der Waals surface area contributed by atoms with Crippen molar-refractivity contribution in [2.24, 2.45) is 0 Å². The van der Waals surface area contributed by atoms with Crippen LogP contribution in [0.1, 0.15) is 16.1 Å². The zero-order valence-electron chi connectivity index (χ0n) is 16.2. The van der Waals surface area contributed by atoms with Crippen molar-refractivity contribution in [1.29, 1.82) is 0 Å². The molecular formula is C26H19NO2S. The maximum Gasteiger partial charge on any atom is 0.352 e. The predicted molar refractivity (Wildman–Crippen MR) is 123 cm³/mol. The molecule has 0 amide bonds. The van der Waals surface area contributed by atoms with Gasteiger partial charge in [-0.3, -0.25) is 0 Å². The highest BCUT2D eigenvalue weighted by atomic mass is 32.1. The highest BCUT2D eigenvalue weighted by Crippen LogP contribution is 2.36. The van der Waals surface area contributed by atoms with Gasteiger partial charge in [-0.2, -0.15) is 0 Å². The summed E-state index contributed by atoms with van der Waals surface area (Å²) in [6, 6.07) is 32.6. The van der Waals surface area contributed by atoms with E-state index in [9.17, 15) is 9.90 Å². The first-order valence-electron chi connectivity index (χ1n) is 9.75. The summed E-state index contributed by atoms with van der Waals surface area (Å²) in [5.74, 6) is -0.902. The van der Waals surface area contributed by atoms with E-state index in [1.807, 2.05) is 41.0 Å². The van der Waals surface area contributed by atoms with E-state index in [4.69, 9.17) is 0 Å². The number of thiophene rings is 1. The zero-order chi connectivity index (χ0) is 20.5. The number of fused-ring (bicyclic) bond motifs is 1. The molecule has 0 aliphatic heterocycles. The van der Waals surface area contributed by atoms with Crippen molar-refractivity contribution < 1.29 is 9.90 Å². The van der Waals surface area contributed by atoms with Crippen LogP contribution in [0.3, 0.4) is 0 Å². The van der Waals surface area contributed by atoms with E-state index in [1.165, 1.54) is 5.56 Å². The molecule has 0 spiro atoms. The average molecular weight is 410 g/mol. The minimum absolute atomic E-state index is 0.322. The summed E-state index contributed by atoms with van der Waals surface area (Å²) < 4.78 is 2.89. The van der Waals surface area contributed by atoms with Crippen LogP contribution in [0.2, 0.25) is 0 Å². The molecule has 0 fully saturated rings. The fourth-order valence-corrected chi connectivity index (χ4v) is 4.86. The predicted octanol–water partition coefficient (Wildman–Crippen LogP) is 6.78. The molecule has 0 atom stereocenters. The van der Waals surface area contributed by atoms with Gasteiger partial charge in [-0.25, -0.2) is 4.79 Å². The van der Waals surface area contributed by atoms with E-state index >= 15 is 0 Å². The molecule has 0 saturated heterocycles. The van der Waals surface area contributed by atoms with Gasteiger partial charge in [0.2, 0.25) is 0 Å². The highest BCUT2D eigenvalue weighted by Gasteiger charge is 2.18. The summed E-state index contributed by atoms with van der Waals surface area (Å²) in [6.07, 6.45) is 0. The molecule has 3 nitrogen and oxygen atoms in total. The van der Waals surface area contributed by atoms with Crippen molar-refractivity contribution in [2.75, 3.05) is 0 Å². The Hall–Kier alpha value is -3.63. The number of aromatic carboxylic acids is 1. The van der Waals surface area contributed by atoms with Crippen LogP contribution in [0.15, 0.2) is 97.1 Å². The van der Waals surface area contributed by atoms with E-state index in [2.05, 4.69) is 54.6 Å². The van der Waals surface area contributed by atoms with Gasteiger partial charge in [-0.1, -0.05) is 84.9 Å². The lowest BCUT2D eigenvalue weighted by atomic mass is 10.0. The first-order chi connectivity index (χ1) is 14.7. The largest absolute Gasteiger partial charge is 0.477 e. The topological polar surface area (TPSA) is 42.2 Å². The number of carboxylic acids is 1. The lowest BCUT2D eigenvalue weighted by molar-refractivity contribution is 0.0686. The Morgan fingerprint density at radius 1 is 0.767 bits per heavy atom. The number of carbonyl (C=O) groups is 1. The molecule has 0 aliphatic carbocycles. The van der Waals surface area contributed by atoms with Crippen molar-refractivity contribution in [3.8, 4) is 21.6 Å². The molecule has 2 aromatic heterocycles. The molecule has 1 N–H and O–H groups in total. The Balaban J connectivity index is 1.52. The van der Waals surface area contributed by atoms with Crippen molar-refractivity contribution >= 4 is 27.5 Å². The van der Waals surface area contributed by atoms with E-state index in [0.717, 1.165) is 31.8 Å². The van der Waals surface area contributed by atoms with Gasteiger partial charge in [0.05, 0.1) is 10.2 Å². The van der Waals surface area contributed by atoms with Crippen molar-refractivity contribution in [3.63, 3.8) is 0 Å². The fourth-order valence-electron chi connectivity index (χ4n) is 3.75. The van der Waals surface area contributed by atoms with E-state index in [1.54, 1.807) is 17.4 Å². The summed E-state index contributed by atoms with van der Waals surface area (Å²) >= 11 is 1.63. The molecule has 0 radical (unpaired) electrons. The number of rotatable bonds is 5. The van der Waals surface area contributed by atoms with Gasteiger partial charge in [0.25, 0.3) is 0 Å². The minimum Gasteiger partial charge on any atom is -0.477 e. The molecule has 5 aromatic rings. The zero-order valence-corrected chi connectivity index (χ0v) is 17.0. The third kappa shape index (κ3) is 3.42. The lowest BCUT2D eigenvalue weighted by Crippen LogP contribution is -2.09. The number of hydrogen-bond donors (Lipinski definition) is 1. The van der Waals surface area contributed by atoms with Gasteiger partial charge in [-0.05, 0) is 34.4 Å². The molecule has 5 rings (SSSR count). The van der Waals surface area contributed by atoms with Crippen LogP contribution in [0.5, 0.6) is 0 Å². The molecule has 146 valence electrons. The smallest absolute Gasteiger partial charge is 0.352 e. The van der Waals surface area contributed by atoms with Gasteiger partial charge in [-0.15, -0.1) is 11.3 Å². The fraction of sp³-hybridized carbons (Fsp3) is 0.0385.